The van der Waals surface area contributed by atoms with Crippen molar-refractivity contribution in [1.82, 2.24) is 10.3 Å². The number of oxazole rings is 1. The number of halogens is 1. The largest absolute Gasteiger partial charge is 0.445 e. The number of aromatic nitrogens is 1. The van der Waals surface area contributed by atoms with E-state index in [0.29, 0.717) is 11.7 Å². The van der Waals surface area contributed by atoms with Crippen LogP contribution in [0.15, 0.2) is 41.3 Å². The van der Waals surface area contributed by atoms with Gasteiger partial charge < -0.3 is 14.5 Å². The van der Waals surface area contributed by atoms with Crippen LogP contribution in [-0.2, 0) is 11.3 Å². The summed E-state index contributed by atoms with van der Waals surface area (Å²) in [6.07, 6.45) is 4.72. The van der Waals surface area contributed by atoms with E-state index in [9.17, 15) is 4.79 Å². The molecule has 1 aliphatic rings. The Morgan fingerprint density at radius 2 is 2.22 bits per heavy atom. The van der Waals surface area contributed by atoms with Gasteiger partial charge in [0.05, 0.1) is 6.20 Å². The fourth-order valence-corrected chi connectivity index (χ4v) is 2.58. The Bertz CT molecular complexity index is 596. The molecule has 2 aromatic rings. The Kier molecular flexibility index (Phi) is 6.43. The summed E-state index contributed by atoms with van der Waals surface area (Å²) in [4.78, 5) is 15.4. The van der Waals surface area contributed by atoms with E-state index in [1.54, 1.807) is 0 Å². The van der Waals surface area contributed by atoms with Crippen molar-refractivity contribution in [2.45, 2.75) is 25.4 Å². The molecule has 1 saturated heterocycles. The number of carbonyl (C=O) groups excluding carboxylic acids is 1. The van der Waals surface area contributed by atoms with Crippen molar-refractivity contribution in [3.05, 3.63) is 48.2 Å². The number of nitrogens with zero attached hydrogens (tertiary/aromatic N) is 1. The van der Waals surface area contributed by atoms with E-state index >= 15 is 0 Å². The van der Waals surface area contributed by atoms with Crippen molar-refractivity contribution in [2.24, 2.45) is 0 Å². The average Bonchev–Trinajstić information content (AvgIpc) is 3.08. The molecule has 0 aliphatic carbocycles. The molecule has 1 amide bonds. The van der Waals surface area contributed by atoms with Crippen molar-refractivity contribution >= 4 is 24.2 Å². The standard InChI is InChI=1S/C16H19N3O3.ClH/c20-16(21-10-15-9-18-11-22-15)19-14-5-3-12(4-6-14)13-2-1-7-17-8-13;/h3-6,9,11,13,17H,1-2,7-8,10H2,(H,19,20);1H/t13-;/m0./s1. The van der Waals surface area contributed by atoms with Gasteiger partial charge in [-0.25, -0.2) is 9.78 Å². The maximum Gasteiger partial charge on any atom is 0.412 e. The monoisotopic (exact) mass is 337 g/mol. The van der Waals surface area contributed by atoms with Gasteiger partial charge in [0.1, 0.15) is 0 Å². The first-order chi connectivity index (χ1) is 10.8. The smallest absolute Gasteiger partial charge is 0.412 e. The van der Waals surface area contributed by atoms with E-state index in [2.05, 4.69) is 27.8 Å². The highest BCUT2D eigenvalue weighted by Crippen LogP contribution is 2.24. The van der Waals surface area contributed by atoms with E-state index < -0.39 is 6.09 Å². The third-order valence-electron chi connectivity index (χ3n) is 3.75. The SMILES string of the molecule is Cl.O=C(Nc1ccc([C@H]2CCCNC2)cc1)OCc1cnco1. The highest BCUT2D eigenvalue weighted by molar-refractivity contribution is 5.85. The number of piperidine rings is 1. The van der Waals surface area contributed by atoms with Crippen molar-refractivity contribution in [1.29, 1.82) is 0 Å². The van der Waals surface area contributed by atoms with Gasteiger partial charge >= 0.3 is 6.09 Å². The summed E-state index contributed by atoms with van der Waals surface area (Å²) >= 11 is 0. The molecule has 1 fully saturated rings. The van der Waals surface area contributed by atoms with Gasteiger partial charge in [0, 0.05) is 12.2 Å². The number of amides is 1. The molecule has 1 aromatic carbocycles. The molecule has 0 unspecified atom stereocenters. The van der Waals surface area contributed by atoms with Gasteiger partial charge in [-0.15, -0.1) is 12.4 Å². The lowest BCUT2D eigenvalue weighted by Gasteiger charge is -2.23. The molecule has 1 aromatic heterocycles. The zero-order valence-electron chi connectivity index (χ0n) is 12.7. The molecule has 1 aliphatic heterocycles. The Labute approximate surface area is 141 Å². The average molecular weight is 338 g/mol. The number of nitrogens with one attached hydrogen (secondary N) is 2. The molecule has 0 saturated carbocycles. The molecule has 7 heteroatoms. The van der Waals surface area contributed by atoms with Crippen LogP contribution in [0.4, 0.5) is 10.5 Å². The van der Waals surface area contributed by atoms with Crippen molar-refractivity contribution in [2.75, 3.05) is 18.4 Å². The Hall–Kier alpha value is -2.05. The van der Waals surface area contributed by atoms with Crippen LogP contribution in [0.5, 0.6) is 0 Å². The van der Waals surface area contributed by atoms with Crippen LogP contribution in [0, 0.1) is 0 Å². The summed E-state index contributed by atoms with van der Waals surface area (Å²) in [7, 11) is 0. The van der Waals surface area contributed by atoms with Crippen LogP contribution in [-0.4, -0.2) is 24.2 Å². The molecular weight excluding hydrogens is 318 g/mol. The van der Waals surface area contributed by atoms with Gasteiger partial charge in [-0.3, -0.25) is 5.32 Å². The van der Waals surface area contributed by atoms with Crippen LogP contribution >= 0.6 is 12.4 Å². The van der Waals surface area contributed by atoms with Crippen LogP contribution in [0.2, 0.25) is 0 Å². The molecular formula is C16H20ClN3O3. The summed E-state index contributed by atoms with van der Waals surface area (Å²) in [5.74, 6) is 1.07. The second kappa shape index (κ2) is 8.55. The lowest BCUT2D eigenvalue weighted by atomic mass is 9.92. The minimum Gasteiger partial charge on any atom is -0.445 e. The number of hydrogen-bond acceptors (Lipinski definition) is 5. The predicted octanol–water partition coefficient (Wildman–Crippen LogP) is 3.31. The highest BCUT2D eigenvalue weighted by atomic mass is 35.5. The zero-order chi connectivity index (χ0) is 15.2. The van der Waals surface area contributed by atoms with E-state index in [-0.39, 0.29) is 19.0 Å². The first-order valence-electron chi connectivity index (χ1n) is 7.43. The topological polar surface area (TPSA) is 76.4 Å². The quantitative estimate of drug-likeness (QED) is 0.895. The zero-order valence-corrected chi connectivity index (χ0v) is 13.5. The fraction of sp³-hybridized carbons (Fsp3) is 0.375. The molecule has 124 valence electrons. The molecule has 23 heavy (non-hydrogen) atoms. The van der Waals surface area contributed by atoms with Gasteiger partial charge in [0.25, 0.3) is 0 Å². The van der Waals surface area contributed by atoms with Gasteiger partial charge in [0.2, 0.25) is 0 Å². The minimum atomic E-state index is -0.511. The summed E-state index contributed by atoms with van der Waals surface area (Å²) in [6.45, 7) is 2.19. The molecule has 0 bridgehead atoms. The third kappa shape index (κ3) is 4.97. The van der Waals surface area contributed by atoms with Crippen LogP contribution in [0.3, 0.4) is 0 Å². The summed E-state index contributed by atoms with van der Waals surface area (Å²) in [5, 5.41) is 6.10. The van der Waals surface area contributed by atoms with Gasteiger partial charge in [0.15, 0.2) is 18.8 Å². The van der Waals surface area contributed by atoms with E-state index in [1.807, 2.05) is 12.1 Å². The maximum atomic E-state index is 11.7. The molecule has 1 atom stereocenters. The highest BCUT2D eigenvalue weighted by Gasteiger charge is 2.15. The van der Waals surface area contributed by atoms with E-state index in [1.165, 1.54) is 31.0 Å². The number of hydrogen-bond donors (Lipinski definition) is 2. The number of carbonyl (C=O) groups is 1. The number of ether oxygens (including phenoxy) is 1. The second-order valence-corrected chi connectivity index (χ2v) is 5.33. The van der Waals surface area contributed by atoms with Gasteiger partial charge in [-0.05, 0) is 43.0 Å². The van der Waals surface area contributed by atoms with Crippen LogP contribution in [0.25, 0.3) is 0 Å². The number of rotatable bonds is 4. The Balaban J connectivity index is 0.00000192. The Morgan fingerprint density at radius 3 is 2.87 bits per heavy atom. The number of anilines is 1. The normalized spacial score (nSPS) is 17.1. The first-order valence-corrected chi connectivity index (χ1v) is 7.43. The number of benzene rings is 1. The summed E-state index contributed by atoms with van der Waals surface area (Å²) < 4.78 is 10.0. The maximum absolute atomic E-state index is 11.7. The summed E-state index contributed by atoms with van der Waals surface area (Å²) in [5.41, 5.74) is 2.02. The van der Waals surface area contributed by atoms with Crippen LogP contribution in [0.1, 0.15) is 30.1 Å². The molecule has 2 N–H and O–H groups in total. The minimum absolute atomic E-state index is 0. The van der Waals surface area contributed by atoms with Crippen molar-refractivity contribution in [3.8, 4) is 0 Å². The molecule has 2 heterocycles. The third-order valence-corrected chi connectivity index (χ3v) is 3.75. The Morgan fingerprint density at radius 1 is 1.39 bits per heavy atom. The predicted molar refractivity (Wildman–Crippen MR) is 88.8 cm³/mol. The van der Waals surface area contributed by atoms with E-state index in [4.69, 9.17) is 9.15 Å². The fourth-order valence-electron chi connectivity index (χ4n) is 2.58. The van der Waals surface area contributed by atoms with E-state index in [0.717, 1.165) is 18.8 Å². The first kappa shape index (κ1) is 17.3. The summed E-state index contributed by atoms with van der Waals surface area (Å²) in [6, 6.07) is 7.92. The molecule has 0 radical (unpaired) electrons. The van der Waals surface area contributed by atoms with Crippen LogP contribution < -0.4 is 10.6 Å². The molecule has 6 nitrogen and oxygen atoms in total. The van der Waals surface area contributed by atoms with Crippen molar-refractivity contribution in [3.63, 3.8) is 0 Å². The lowest BCUT2D eigenvalue weighted by molar-refractivity contribution is 0.146. The second-order valence-electron chi connectivity index (χ2n) is 5.33. The van der Waals surface area contributed by atoms with Gasteiger partial charge in [-0.1, -0.05) is 12.1 Å². The van der Waals surface area contributed by atoms with Crippen molar-refractivity contribution < 1.29 is 13.9 Å². The van der Waals surface area contributed by atoms with Gasteiger partial charge in [-0.2, -0.15) is 0 Å². The lowest BCUT2D eigenvalue weighted by Crippen LogP contribution is -2.28. The molecule has 0 spiro atoms. The molecule has 3 rings (SSSR count).